The van der Waals surface area contributed by atoms with E-state index in [-0.39, 0.29) is 4.87 Å². The third-order valence-corrected chi connectivity index (χ3v) is 2.13. The summed E-state index contributed by atoms with van der Waals surface area (Å²) in [6.45, 7) is 2.02. The average Bonchev–Trinajstić information content (AvgIpc) is 2.34. The van der Waals surface area contributed by atoms with Crippen LogP contribution in [0.3, 0.4) is 0 Å². The highest BCUT2D eigenvalue weighted by Gasteiger charge is 1.98. The second kappa shape index (κ2) is 4.04. The Morgan fingerprint density at radius 3 is 2.92 bits per heavy atom. The smallest absolute Gasteiger partial charge is 0.328 e. The van der Waals surface area contributed by atoms with Gasteiger partial charge in [-0.2, -0.15) is 0 Å². The summed E-state index contributed by atoms with van der Waals surface area (Å²) in [6, 6.07) is 0. The zero-order valence-electron chi connectivity index (χ0n) is 7.06. The molecular weight excluding hydrogens is 190 g/mol. The zero-order chi connectivity index (χ0) is 9.84. The van der Waals surface area contributed by atoms with Gasteiger partial charge in [0.1, 0.15) is 0 Å². The number of carboxylic acids is 1. The van der Waals surface area contributed by atoms with Gasteiger partial charge in [-0.05, 0) is 12.5 Å². The van der Waals surface area contributed by atoms with Gasteiger partial charge in [0, 0.05) is 24.2 Å². The first-order valence-electron chi connectivity index (χ1n) is 3.63. The van der Waals surface area contributed by atoms with E-state index in [1.54, 1.807) is 18.5 Å². The number of carboxylic acid groups (broad SMARTS) is 1. The Balaban J connectivity index is 2.76. The molecular formula is C8H9NO3S. The van der Waals surface area contributed by atoms with Gasteiger partial charge in [-0.25, -0.2) is 4.79 Å². The number of nitrogens with zero attached hydrogens (tertiary/aromatic N) is 1. The minimum Gasteiger partial charge on any atom is -0.478 e. The molecule has 0 aliphatic carbocycles. The van der Waals surface area contributed by atoms with Crippen LogP contribution in [0, 0.1) is 0 Å². The van der Waals surface area contributed by atoms with Crippen LogP contribution in [0.15, 0.2) is 28.0 Å². The Bertz CT molecular complexity index is 388. The molecule has 70 valence electrons. The molecule has 0 spiro atoms. The van der Waals surface area contributed by atoms with Crippen LogP contribution >= 0.6 is 11.3 Å². The van der Waals surface area contributed by atoms with Gasteiger partial charge in [0.25, 0.3) is 0 Å². The summed E-state index contributed by atoms with van der Waals surface area (Å²) in [5.41, 5.74) is 0.646. The molecule has 1 heterocycles. The topological polar surface area (TPSA) is 59.3 Å². The van der Waals surface area contributed by atoms with Crippen molar-refractivity contribution >= 4 is 17.3 Å². The zero-order valence-corrected chi connectivity index (χ0v) is 7.87. The van der Waals surface area contributed by atoms with E-state index in [1.165, 1.54) is 4.57 Å². The van der Waals surface area contributed by atoms with Crippen LogP contribution in [0.25, 0.3) is 0 Å². The maximum atomic E-state index is 11.0. The number of hydrogen-bond donors (Lipinski definition) is 1. The lowest BCUT2D eigenvalue weighted by Gasteiger charge is -1.99. The van der Waals surface area contributed by atoms with Crippen molar-refractivity contribution in [3.8, 4) is 0 Å². The van der Waals surface area contributed by atoms with Gasteiger partial charge in [-0.3, -0.25) is 4.79 Å². The summed E-state index contributed by atoms with van der Waals surface area (Å²) in [6.07, 6.45) is 2.75. The lowest BCUT2D eigenvalue weighted by atomic mass is 10.3. The Hall–Kier alpha value is -1.36. The lowest BCUT2D eigenvalue weighted by Crippen LogP contribution is -2.12. The van der Waals surface area contributed by atoms with E-state index in [0.29, 0.717) is 12.1 Å². The van der Waals surface area contributed by atoms with E-state index in [0.717, 1.165) is 17.4 Å². The highest BCUT2D eigenvalue weighted by Crippen LogP contribution is 1.98. The van der Waals surface area contributed by atoms with Gasteiger partial charge < -0.3 is 9.67 Å². The molecule has 0 saturated heterocycles. The summed E-state index contributed by atoms with van der Waals surface area (Å²) in [7, 11) is 0. The number of thiazole rings is 1. The van der Waals surface area contributed by atoms with Crippen LogP contribution in [0.2, 0.25) is 0 Å². The number of carbonyl (C=O) groups is 1. The Kier molecular flexibility index (Phi) is 3.02. The van der Waals surface area contributed by atoms with Crippen LogP contribution in [0.5, 0.6) is 0 Å². The fraction of sp³-hybridized carbons (Fsp3) is 0.250. The van der Waals surface area contributed by atoms with Crippen molar-refractivity contribution < 1.29 is 9.90 Å². The Morgan fingerprint density at radius 2 is 2.46 bits per heavy atom. The molecule has 1 aromatic heterocycles. The van der Waals surface area contributed by atoms with Crippen molar-refractivity contribution in [2.75, 3.05) is 0 Å². The molecule has 1 N–H and O–H groups in total. The largest absolute Gasteiger partial charge is 0.478 e. The van der Waals surface area contributed by atoms with Gasteiger partial charge in [-0.1, -0.05) is 11.3 Å². The van der Waals surface area contributed by atoms with Crippen LogP contribution in [0.4, 0.5) is 0 Å². The molecule has 5 heteroatoms. The summed E-state index contributed by atoms with van der Waals surface area (Å²) >= 11 is 1.10. The summed E-state index contributed by atoms with van der Waals surface area (Å²) < 4.78 is 1.47. The Morgan fingerprint density at radius 1 is 1.77 bits per heavy atom. The van der Waals surface area contributed by atoms with Gasteiger partial charge in [0.05, 0.1) is 0 Å². The third kappa shape index (κ3) is 2.87. The first-order chi connectivity index (χ1) is 6.09. The van der Waals surface area contributed by atoms with Gasteiger partial charge in [0.2, 0.25) is 0 Å². The monoisotopic (exact) mass is 199 g/mol. The molecule has 0 amide bonds. The molecule has 1 aromatic rings. The van der Waals surface area contributed by atoms with Crippen LogP contribution in [0.1, 0.15) is 6.92 Å². The van der Waals surface area contributed by atoms with E-state index in [1.807, 2.05) is 0 Å². The minimum atomic E-state index is -0.985. The Labute approximate surface area is 78.8 Å². The number of hydrogen-bond acceptors (Lipinski definition) is 3. The molecule has 13 heavy (non-hydrogen) atoms. The predicted octanol–water partition coefficient (Wildman–Crippen LogP) is 0.941. The first kappa shape index (κ1) is 9.73. The second-order valence-corrected chi connectivity index (χ2v) is 3.48. The summed E-state index contributed by atoms with van der Waals surface area (Å²) in [5, 5.41) is 10.1. The fourth-order valence-electron chi connectivity index (χ4n) is 0.933. The standard InChI is InChI=1S/C8H9NO3S/c1-6(4-7(10)11)5-9-2-3-13-8(9)12/h2-4H,5H2,1H3,(H,10,11)/b6-4-. The van der Waals surface area contributed by atoms with Crippen molar-refractivity contribution in [3.63, 3.8) is 0 Å². The number of aliphatic carboxylic acids is 1. The maximum absolute atomic E-state index is 11.0. The van der Waals surface area contributed by atoms with Crippen molar-refractivity contribution in [2.45, 2.75) is 13.5 Å². The van der Waals surface area contributed by atoms with Crippen molar-refractivity contribution in [2.24, 2.45) is 0 Å². The van der Waals surface area contributed by atoms with Crippen molar-refractivity contribution in [3.05, 3.63) is 32.9 Å². The normalized spacial score (nSPS) is 11.6. The van der Waals surface area contributed by atoms with Crippen LogP contribution in [-0.2, 0) is 11.3 Å². The van der Waals surface area contributed by atoms with E-state index in [4.69, 9.17) is 5.11 Å². The van der Waals surface area contributed by atoms with E-state index in [9.17, 15) is 9.59 Å². The van der Waals surface area contributed by atoms with Crippen LogP contribution in [-0.4, -0.2) is 15.6 Å². The molecule has 0 saturated carbocycles. The molecule has 0 aromatic carbocycles. The highest BCUT2D eigenvalue weighted by molar-refractivity contribution is 7.07. The molecule has 0 radical (unpaired) electrons. The summed E-state index contributed by atoms with van der Waals surface area (Å²) in [4.78, 5) is 21.2. The maximum Gasteiger partial charge on any atom is 0.328 e. The highest BCUT2D eigenvalue weighted by atomic mass is 32.1. The first-order valence-corrected chi connectivity index (χ1v) is 4.51. The second-order valence-electron chi connectivity index (χ2n) is 2.63. The fourth-order valence-corrected chi connectivity index (χ4v) is 1.52. The number of rotatable bonds is 3. The van der Waals surface area contributed by atoms with Gasteiger partial charge >= 0.3 is 10.8 Å². The van der Waals surface area contributed by atoms with Gasteiger partial charge in [0.15, 0.2) is 0 Å². The number of aromatic nitrogens is 1. The predicted molar refractivity (Wildman–Crippen MR) is 50.0 cm³/mol. The molecule has 1 rings (SSSR count). The molecule has 0 aliphatic heterocycles. The minimum absolute atomic E-state index is 0.0712. The van der Waals surface area contributed by atoms with E-state index >= 15 is 0 Å². The SMILES string of the molecule is C/C(=C/C(=O)O)Cn1ccsc1=O. The van der Waals surface area contributed by atoms with E-state index < -0.39 is 5.97 Å². The molecule has 4 nitrogen and oxygen atoms in total. The van der Waals surface area contributed by atoms with E-state index in [2.05, 4.69) is 0 Å². The molecule has 0 unspecified atom stereocenters. The van der Waals surface area contributed by atoms with Crippen molar-refractivity contribution in [1.82, 2.24) is 4.57 Å². The molecule has 0 atom stereocenters. The third-order valence-electron chi connectivity index (χ3n) is 1.43. The van der Waals surface area contributed by atoms with Crippen LogP contribution < -0.4 is 4.87 Å². The van der Waals surface area contributed by atoms with Gasteiger partial charge in [-0.15, -0.1) is 0 Å². The molecule has 0 aliphatic rings. The quantitative estimate of drug-likeness (QED) is 0.737. The lowest BCUT2D eigenvalue weighted by molar-refractivity contribution is -0.131. The molecule has 0 bridgehead atoms. The van der Waals surface area contributed by atoms with Crippen molar-refractivity contribution in [1.29, 1.82) is 0 Å². The average molecular weight is 199 g/mol. The molecule has 0 fully saturated rings. The number of allylic oxidation sites excluding steroid dienone is 1. The summed E-state index contributed by atoms with van der Waals surface area (Å²) in [5.74, 6) is -0.985.